The number of likely N-dealkylation sites (tertiary alicyclic amines) is 1. The molecule has 4 aromatic rings. The smallest absolute Gasteiger partial charge is 0.407 e. The van der Waals surface area contributed by atoms with Gasteiger partial charge in [-0.2, -0.15) is 5.10 Å². The Balaban J connectivity index is 1.35. The molecule has 0 radical (unpaired) electrons. The van der Waals surface area contributed by atoms with Gasteiger partial charge in [-0.05, 0) is 44.2 Å². The van der Waals surface area contributed by atoms with Crippen molar-refractivity contribution in [1.82, 2.24) is 34.6 Å². The van der Waals surface area contributed by atoms with Crippen LogP contribution in [0.25, 0.3) is 22.3 Å². The second-order valence-corrected chi connectivity index (χ2v) is 10.9. The van der Waals surface area contributed by atoms with Crippen molar-refractivity contribution in [3.8, 4) is 22.8 Å². The van der Waals surface area contributed by atoms with Crippen LogP contribution in [0.3, 0.4) is 0 Å². The summed E-state index contributed by atoms with van der Waals surface area (Å²) in [5.41, 5.74) is 10.2. The van der Waals surface area contributed by atoms with Crippen LogP contribution in [0, 0.1) is 0 Å². The molecule has 3 aliphatic rings. The molecule has 2 aromatic heterocycles. The van der Waals surface area contributed by atoms with E-state index in [1.54, 1.807) is 4.68 Å². The van der Waals surface area contributed by atoms with E-state index < -0.39 is 6.09 Å². The molecule has 7 rings (SSSR count). The number of nitrogens with two attached hydrogens (primary N) is 1. The van der Waals surface area contributed by atoms with Gasteiger partial charge < -0.3 is 30.1 Å². The first kappa shape index (κ1) is 26.3. The Labute approximate surface area is 242 Å². The Bertz CT molecular complexity index is 1620. The lowest BCUT2D eigenvalue weighted by Crippen LogP contribution is -2.51. The van der Waals surface area contributed by atoms with Crippen LogP contribution in [0.2, 0.25) is 0 Å². The first-order valence-corrected chi connectivity index (χ1v) is 14.2. The lowest BCUT2D eigenvalue weighted by Gasteiger charge is -2.41. The van der Waals surface area contributed by atoms with Gasteiger partial charge in [0.1, 0.15) is 23.5 Å². The highest BCUT2D eigenvalue weighted by atomic mass is 16.7. The third-order valence-corrected chi connectivity index (χ3v) is 8.28. The highest BCUT2D eigenvalue weighted by molar-refractivity contribution is 6.00. The van der Waals surface area contributed by atoms with E-state index in [1.807, 2.05) is 30.3 Å². The standard InChI is InChI=1S/C29H33N9O4/c1-34-12-14-36(15-13-34)38(19-6-3-2-4-7-19)22-10-9-21(25-26(22)42-18-41-25)24-23-27(30)31-17-32-28(23)37(33-24)20-8-5-11-35(16-20)29(39)40/h2-4,6-7,9-10,17,20H,5,8,11-16,18H2,1H3,(H,39,40)(H2,30,31,32)/t20-/m1/s1. The van der Waals surface area contributed by atoms with E-state index in [1.165, 1.54) is 11.2 Å². The number of rotatable bonds is 5. The molecule has 3 aliphatic heterocycles. The van der Waals surface area contributed by atoms with Crippen LogP contribution < -0.4 is 20.2 Å². The van der Waals surface area contributed by atoms with Crippen molar-refractivity contribution in [2.45, 2.75) is 18.9 Å². The minimum absolute atomic E-state index is 0.0749. The normalized spacial score (nSPS) is 19.4. The maximum atomic E-state index is 11.7. The number of anilines is 3. The third kappa shape index (κ3) is 4.50. The quantitative estimate of drug-likeness (QED) is 0.364. The average Bonchev–Trinajstić information content (AvgIpc) is 3.66. The van der Waals surface area contributed by atoms with Crippen LogP contribution in [0.4, 0.5) is 22.0 Å². The number of hydrogen-bond acceptors (Lipinski definition) is 10. The number of likely N-dealkylation sites (N-methyl/N-ethyl adjacent to an activating group) is 1. The molecule has 3 N–H and O–H groups in total. The highest BCUT2D eigenvalue weighted by Gasteiger charge is 2.34. The fourth-order valence-electron chi connectivity index (χ4n) is 6.12. The number of benzene rings is 2. The Morgan fingerprint density at radius 3 is 2.60 bits per heavy atom. The first-order chi connectivity index (χ1) is 20.5. The van der Waals surface area contributed by atoms with E-state index in [0.717, 1.165) is 50.4 Å². The number of fused-ring (bicyclic) bond motifs is 2. The zero-order valence-electron chi connectivity index (χ0n) is 23.4. The summed E-state index contributed by atoms with van der Waals surface area (Å²) in [6, 6.07) is 14.1. The van der Waals surface area contributed by atoms with E-state index in [0.29, 0.717) is 52.7 Å². The Morgan fingerprint density at radius 2 is 1.81 bits per heavy atom. The summed E-state index contributed by atoms with van der Waals surface area (Å²) >= 11 is 0. The molecule has 1 amide bonds. The van der Waals surface area contributed by atoms with Crippen molar-refractivity contribution < 1.29 is 19.4 Å². The molecule has 13 nitrogen and oxygen atoms in total. The van der Waals surface area contributed by atoms with E-state index in [2.05, 4.69) is 44.1 Å². The van der Waals surface area contributed by atoms with Crippen molar-refractivity contribution in [3.05, 3.63) is 48.8 Å². The molecule has 0 unspecified atom stereocenters. The van der Waals surface area contributed by atoms with Crippen molar-refractivity contribution in [3.63, 3.8) is 0 Å². The zero-order chi connectivity index (χ0) is 28.8. The molecule has 218 valence electrons. The number of para-hydroxylation sites is 1. The number of nitrogens with zero attached hydrogens (tertiary/aromatic N) is 8. The van der Waals surface area contributed by atoms with E-state index in [-0.39, 0.29) is 12.8 Å². The number of hydrogen-bond donors (Lipinski definition) is 2. The molecule has 0 spiro atoms. The molecule has 2 saturated heterocycles. The number of nitrogen functional groups attached to an aromatic ring is 1. The number of piperazine rings is 1. The summed E-state index contributed by atoms with van der Waals surface area (Å²) in [6.07, 6.45) is 1.99. The minimum Gasteiger partial charge on any atom is -0.465 e. The maximum Gasteiger partial charge on any atom is 0.407 e. The number of amides is 1. The molecular weight excluding hydrogens is 538 g/mol. The van der Waals surface area contributed by atoms with Crippen molar-refractivity contribution in [2.24, 2.45) is 0 Å². The largest absolute Gasteiger partial charge is 0.465 e. The topological polar surface area (TPSA) is 138 Å². The van der Waals surface area contributed by atoms with Gasteiger partial charge in [0.2, 0.25) is 6.79 Å². The summed E-state index contributed by atoms with van der Waals surface area (Å²) in [5.74, 6) is 1.50. The summed E-state index contributed by atoms with van der Waals surface area (Å²) in [7, 11) is 2.14. The van der Waals surface area contributed by atoms with Crippen LogP contribution in [0.1, 0.15) is 18.9 Å². The van der Waals surface area contributed by atoms with Crippen LogP contribution in [-0.4, -0.2) is 98.9 Å². The maximum absolute atomic E-state index is 11.7. The van der Waals surface area contributed by atoms with Crippen LogP contribution >= 0.6 is 0 Å². The van der Waals surface area contributed by atoms with Gasteiger partial charge in [-0.1, -0.05) is 18.2 Å². The van der Waals surface area contributed by atoms with E-state index in [4.69, 9.17) is 20.3 Å². The molecule has 0 bridgehead atoms. The SMILES string of the molecule is CN1CCN(N(c2ccccc2)c2ccc(-c3nn([C@@H]4CCCN(C(=O)O)C4)c4ncnc(N)c34)c3c2OCO3)CC1. The van der Waals surface area contributed by atoms with Crippen molar-refractivity contribution >= 4 is 34.3 Å². The summed E-state index contributed by atoms with van der Waals surface area (Å²) in [4.78, 5) is 24.3. The van der Waals surface area contributed by atoms with Crippen LogP contribution in [0.15, 0.2) is 48.8 Å². The molecule has 2 fully saturated rings. The van der Waals surface area contributed by atoms with Gasteiger partial charge >= 0.3 is 6.09 Å². The summed E-state index contributed by atoms with van der Waals surface area (Å²) < 4.78 is 14.1. The fraction of sp³-hybridized carbons (Fsp3) is 0.379. The lowest BCUT2D eigenvalue weighted by atomic mass is 10.1. The predicted octanol–water partition coefficient (Wildman–Crippen LogP) is 3.42. The number of hydrazine groups is 1. The number of ether oxygens (including phenoxy) is 2. The molecule has 5 heterocycles. The number of aromatic nitrogens is 4. The highest BCUT2D eigenvalue weighted by Crippen LogP contribution is 2.50. The van der Waals surface area contributed by atoms with Gasteiger partial charge in [0.25, 0.3) is 0 Å². The third-order valence-electron chi connectivity index (χ3n) is 8.28. The summed E-state index contributed by atoms with van der Waals surface area (Å²) in [6.45, 7) is 4.52. The Morgan fingerprint density at radius 1 is 1.02 bits per heavy atom. The molecule has 0 saturated carbocycles. The van der Waals surface area contributed by atoms with E-state index >= 15 is 0 Å². The van der Waals surface area contributed by atoms with Crippen LogP contribution in [0.5, 0.6) is 11.5 Å². The number of carboxylic acid groups (broad SMARTS) is 1. The Kier molecular flexibility index (Phi) is 6.67. The van der Waals surface area contributed by atoms with Gasteiger partial charge in [-0.25, -0.2) is 24.5 Å². The molecule has 1 atom stereocenters. The number of piperidine rings is 1. The lowest BCUT2D eigenvalue weighted by molar-refractivity contribution is 0.120. The van der Waals surface area contributed by atoms with Gasteiger partial charge in [-0.3, -0.25) is 5.01 Å². The number of carbonyl (C=O) groups is 1. The second kappa shape index (κ2) is 10.7. The first-order valence-electron chi connectivity index (χ1n) is 14.2. The molecule has 2 aromatic carbocycles. The minimum atomic E-state index is -0.937. The van der Waals surface area contributed by atoms with Gasteiger partial charge in [0, 0.05) is 44.8 Å². The van der Waals surface area contributed by atoms with Gasteiger partial charge in [0.05, 0.1) is 17.1 Å². The average molecular weight is 572 g/mol. The van der Waals surface area contributed by atoms with E-state index in [9.17, 15) is 9.90 Å². The van der Waals surface area contributed by atoms with Crippen molar-refractivity contribution in [2.75, 3.05) is 63.9 Å². The predicted molar refractivity (Wildman–Crippen MR) is 157 cm³/mol. The van der Waals surface area contributed by atoms with Gasteiger partial charge in [0.15, 0.2) is 17.1 Å². The molecule has 0 aliphatic carbocycles. The Hall–Kier alpha value is -4.62. The molecule has 42 heavy (non-hydrogen) atoms. The molecule has 13 heteroatoms. The zero-order valence-corrected chi connectivity index (χ0v) is 23.4. The fourth-order valence-corrected chi connectivity index (χ4v) is 6.12. The van der Waals surface area contributed by atoms with Crippen molar-refractivity contribution in [1.29, 1.82) is 0 Å². The molecular formula is C29H33N9O4. The van der Waals surface area contributed by atoms with Crippen LogP contribution in [-0.2, 0) is 0 Å². The summed E-state index contributed by atoms with van der Waals surface area (Å²) in [5, 5.41) is 19.8. The monoisotopic (exact) mass is 571 g/mol. The van der Waals surface area contributed by atoms with Gasteiger partial charge in [-0.15, -0.1) is 0 Å². The second-order valence-electron chi connectivity index (χ2n) is 10.9.